The van der Waals surface area contributed by atoms with Crippen molar-refractivity contribution in [3.8, 4) is 5.75 Å². The van der Waals surface area contributed by atoms with Gasteiger partial charge in [-0.25, -0.2) is 4.79 Å². The van der Waals surface area contributed by atoms with E-state index in [-0.39, 0.29) is 0 Å². The Morgan fingerprint density at radius 3 is 2.38 bits per heavy atom. The molecule has 9 nitrogen and oxygen atoms in total. The number of carbonyl (C=O) groups excluding carboxylic acids is 4. The molecular weight excluding hydrogens is 342 g/mol. The van der Waals surface area contributed by atoms with Gasteiger partial charge in [0, 0.05) is 12.6 Å². The highest BCUT2D eigenvalue weighted by Gasteiger charge is 2.12. The summed E-state index contributed by atoms with van der Waals surface area (Å²) in [5, 5.41) is 6.50. The molecule has 0 aliphatic rings. The third-order valence-electron chi connectivity index (χ3n) is 3.12. The van der Waals surface area contributed by atoms with Crippen LogP contribution in [-0.2, 0) is 14.3 Å². The summed E-state index contributed by atoms with van der Waals surface area (Å²) in [4.78, 5) is 45.6. The zero-order valence-corrected chi connectivity index (χ0v) is 14.8. The molecule has 142 valence electrons. The summed E-state index contributed by atoms with van der Waals surface area (Å²) >= 11 is 0. The minimum absolute atomic E-state index is 0.359. The van der Waals surface area contributed by atoms with Crippen LogP contribution < -0.4 is 20.7 Å². The van der Waals surface area contributed by atoms with Crippen molar-refractivity contribution in [2.45, 2.75) is 19.8 Å². The second-order valence-corrected chi connectivity index (χ2v) is 5.20. The smallest absolute Gasteiger partial charge is 0.325 e. The number of benzene rings is 1. The highest BCUT2D eigenvalue weighted by atomic mass is 16.5. The summed E-state index contributed by atoms with van der Waals surface area (Å²) in [6.07, 6.45) is 1.98. The molecule has 26 heavy (non-hydrogen) atoms. The molecule has 1 aromatic carbocycles. The van der Waals surface area contributed by atoms with Crippen molar-refractivity contribution in [2.75, 3.05) is 26.8 Å². The van der Waals surface area contributed by atoms with Crippen molar-refractivity contribution in [1.29, 1.82) is 0 Å². The molecule has 4 amide bonds. The summed E-state index contributed by atoms with van der Waals surface area (Å²) in [5.74, 6) is -1.37. The topological polar surface area (TPSA) is 123 Å². The summed E-state index contributed by atoms with van der Waals surface area (Å²) in [7, 11) is 1.34. The summed E-state index contributed by atoms with van der Waals surface area (Å²) in [6.45, 7) is 1.66. The summed E-state index contributed by atoms with van der Waals surface area (Å²) in [6, 6.07) is 5.80. The number of unbranched alkanes of at least 4 members (excludes halogenated alkanes) is 1. The van der Waals surface area contributed by atoms with E-state index in [0.29, 0.717) is 17.9 Å². The fourth-order valence-corrected chi connectivity index (χ4v) is 1.71. The maximum absolute atomic E-state index is 12.0. The lowest BCUT2D eigenvalue weighted by atomic mass is 10.2. The van der Waals surface area contributed by atoms with Crippen LogP contribution in [0.5, 0.6) is 5.75 Å². The number of hydrogen-bond acceptors (Lipinski definition) is 6. The van der Waals surface area contributed by atoms with E-state index in [0.717, 1.165) is 12.8 Å². The molecule has 0 saturated heterocycles. The first kappa shape index (κ1) is 20.9. The van der Waals surface area contributed by atoms with Crippen molar-refractivity contribution < 1.29 is 28.7 Å². The Kier molecular flexibility index (Phi) is 9.23. The monoisotopic (exact) mass is 365 g/mol. The predicted molar refractivity (Wildman–Crippen MR) is 92.7 cm³/mol. The summed E-state index contributed by atoms with van der Waals surface area (Å²) < 4.78 is 10.1. The van der Waals surface area contributed by atoms with Gasteiger partial charge in [-0.1, -0.05) is 13.3 Å². The highest BCUT2D eigenvalue weighted by molar-refractivity contribution is 5.97. The zero-order chi connectivity index (χ0) is 19.4. The Labute approximate surface area is 151 Å². The molecule has 0 aliphatic carbocycles. The number of carbonyl (C=O) groups is 4. The number of nitrogens with one attached hydrogen (secondary N) is 3. The van der Waals surface area contributed by atoms with Gasteiger partial charge < -0.3 is 20.1 Å². The van der Waals surface area contributed by atoms with Gasteiger partial charge in [0.1, 0.15) is 12.3 Å². The first-order chi connectivity index (χ1) is 12.5. The molecule has 0 aliphatic heterocycles. The molecular formula is C17H23N3O6. The van der Waals surface area contributed by atoms with E-state index in [9.17, 15) is 19.2 Å². The molecule has 1 aromatic rings. The first-order valence-corrected chi connectivity index (χ1v) is 8.14. The Morgan fingerprint density at radius 2 is 1.77 bits per heavy atom. The van der Waals surface area contributed by atoms with Crippen LogP contribution in [0.1, 0.15) is 30.1 Å². The third-order valence-corrected chi connectivity index (χ3v) is 3.12. The number of rotatable bonds is 9. The van der Waals surface area contributed by atoms with Crippen molar-refractivity contribution in [1.82, 2.24) is 16.0 Å². The third kappa shape index (κ3) is 8.13. The van der Waals surface area contributed by atoms with Gasteiger partial charge in [0.15, 0.2) is 6.61 Å². The SMILES string of the molecule is CCCCOc1ccc(C(=O)NCC(=O)OCC(=O)NC(=O)NC)cc1. The molecule has 0 bridgehead atoms. The molecule has 1 rings (SSSR count). The van der Waals surface area contributed by atoms with Crippen LogP contribution in [0.15, 0.2) is 24.3 Å². The molecule has 3 N–H and O–H groups in total. The molecule has 0 fully saturated rings. The van der Waals surface area contributed by atoms with Gasteiger partial charge in [0.05, 0.1) is 6.61 Å². The number of amides is 4. The maximum Gasteiger partial charge on any atom is 0.325 e. The fraction of sp³-hybridized carbons (Fsp3) is 0.412. The minimum Gasteiger partial charge on any atom is -0.494 e. The molecule has 0 heterocycles. The highest BCUT2D eigenvalue weighted by Crippen LogP contribution is 2.12. The van der Waals surface area contributed by atoms with E-state index in [2.05, 4.69) is 22.3 Å². The van der Waals surface area contributed by atoms with E-state index in [1.54, 1.807) is 24.3 Å². The lowest BCUT2D eigenvalue weighted by Crippen LogP contribution is -2.40. The van der Waals surface area contributed by atoms with Gasteiger partial charge in [-0.05, 0) is 30.7 Å². The average molecular weight is 365 g/mol. The zero-order valence-electron chi connectivity index (χ0n) is 14.8. The van der Waals surface area contributed by atoms with E-state index >= 15 is 0 Å². The molecule has 0 atom stereocenters. The van der Waals surface area contributed by atoms with Gasteiger partial charge in [0.25, 0.3) is 11.8 Å². The second-order valence-electron chi connectivity index (χ2n) is 5.20. The van der Waals surface area contributed by atoms with Crippen LogP contribution in [0.3, 0.4) is 0 Å². The summed E-state index contributed by atoms with van der Waals surface area (Å²) in [5.41, 5.74) is 0.359. The van der Waals surface area contributed by atoms with Crippen LogP contribution in [0.4, 0.5) is 4.79 Å². The Bertz CT molecular complexity index is 630. The maximum atomic E-state index is 12.0. The van der Waals surface area contributed by atoms with E-state index in [4.69, 9.17) is 4.74 Å². The van der Waals surface area contributed by atoms with Gasteiger partial charge in [-0.15, -0.1) is 0 Å². The van der Waals surface area contributed by atoms with Crippen molar-refractivity contribution in [2.24, 2.45) is 0 Å². The number of urea groups is 1. The Balaban J connectivity index is 2.33. The average Bonchev–Trinajstić information content (AvgIpc) is 2.65. The predicted octanol–water partition coefficient (Wildman–Crippen LogP) is 0.594. The lowest BCUT2D eigenvalue weighted by molar-refractivity contribution is -0.147. The standard InChI is InChI=1S/C17H23N3O6/c1-3-4-9-25-13-7-5-12(6-8-13)16(23)19-10-15(22)26-11-14(21)20-17(24)18-2/h5-8H,3-4,9-11H2,1-2H3,(H,19,23)(H2,18,20,21,24). The lowest BCUT2D eigenvalue weighted by Gasteiger charge is -2.08. The van der Waals surface area contributed by atoms with Gasteiger partial charge in [0.2, 0.25) is 0 Å². The Hall–Kier alpha value is -3.10. The number of imide groups is 1. The Morgan fingerprint density at radius 1 is 1.08 bits per heavy atom. The number of hydrogen-bond donors (Lipinski definition) is 3. The largest absolute Gasteiger partial charge is 0.494 e. The molecule has 0 saturated carbocycles. The quantitative estimate of drug-likeness (QED) is 0.435. The van der Waals surface area contributed by atoms with E-state index < -0.39 is 37.0 Å². The van der Waals surface area contributed by atoms with Crippen LogP contribution in [-0.4, -0.2) is 50.6 Å². The van der Waals surface area contributed by atoms with E-state index in [1.165, 1.54) is 7.05 Å². The fourth-order valence-electron chi connectivity index (χ4n) is 1.71. The normalized spacial score (nSPS) is 9.77. The van der Waals surface area contributed by atoms with Crippen LogP contribution in [0, 0.1) is 0 Å². The number of esters is 1. The second kappa shape index (κ2) is 11.5. The van der Waals surface area contributed by atoms with Crippen molar-refractivity contribution >= 4 is 23.8 Å². The van der Waals surface area contributed by atoms with Crippen LogP contribution in [0.2, 0.25) is 0 Å². The van der Waals surface area contributed by atoms with Gasteiger partial charge >= 0.3 is 12.0 Å². The molecule has 0 radical (unpaired) electrons. The molecule has 0 spiro atoms. The van der Waals surface area contributed by atoms with Gasteiger partial charge in [-0.3, -0.25) is 19.7 Å². The van der Waals surface area contributed by atoms with Crippen LogP contribution >= 0.6 is 0 Å². The van der Waals surface area contributed by atoms with Crippen LogP contribution in [0.25, 0.3) is 0 Å². The molecule has 0 unspecified atom stereocenters. The number of ether oxygens (including phenoxy) is 2. The van der Waals surface area contributed by atoms with Crippen molar-refractivity contribution in [3.63, 3.8) is 0 Å². The van der Waals surface area contributed by atoms with Crippen molar-refractivity contribution in [3.05, 3.63) is 29.8 Å². The first-order valence-electron chi connectivity index (χ1n) is 8.14. The minimum atomic E-state index is -0.801. The van der Waals surface area contributed by atoms with E-state index in [1.807, 2.05) is 5.32 Å². The van der Waals surface area contributed by atoms with Gasteiger partial charge in [-0.2, -0.15) is 0 Å². The molecule has 9 heteroatoms. The molecule has 0 aromatic heterocycles.